The SMILES string of the molecule is Nc1c(C(=O)O)cccc1N1CCC(F)(F)CC1. The summed E-state index contributed by atoms with van der Waals surface area (Å²) in [7, 11) is 0. The smallest absolute Gasteiger partial charge is 0.337 e. The van der Waals surface area contributed by atoms with Gasteiger partial charge in [0.15, 0.2) is 0 Å². The quantitative estimate of drug-likeness (QED) is 0.796. The molecule has 1 aliphatic heterocycles. The molecule has 1 aromatic carbocycles. The van der Waals surface area contributed by atoms with E-state index in [1.54, 1.807) is 17.0 Å². The van der Waals surface area contributed by atoms with Crippen molar-refractivity contribution in [2.45, 2.75) is 18.8 Å². The molecular formula is C12H14F2N2O2. The summed E-state index contributed by atoms with van der Waals surface area (Å²) in [6, 6.07) is 4.63. The fourth-order valence-electron chi connectivity index (χ4n) is 2.09. The van der Waals surface area contributed by atoms with E-state index in [1.165, 1.54) is 6.07 Å². The minimum absolute atomic E-state index is 0.00448. The van der Waals surface area contributed by atoms with E-state index < -0.39 is 11.9 Å². The van der Waals surface area contributed by atoms with Crippen LogP contribution in [-0.4, -0.2) is 30.1 Å². The Morgan fingerprint density at radius 1 is 1.33 bits per heavy atom. The summed E-state index contributed by atoms with van der Waals surface area (Å²) in [6.45, 7) is 0.362. The number of carboxylic acids is 1. The maximum absolute atomic E-state index is 13.0. The van der Waals surface area contributed by atoms with E-state index in [4.69, 9.17) is 10.8 Å². The number of piperidine rings is 1. The lowest BCUT2D eigenvalue weighted by Gasteiger charge is -2.34. The van der Waals surface area contributed by atoms with Crippen LogP contribution in [0.25, 0.3) is 0 Å². The first-order chi connectivity index (χ1) is 8.41. The monoisotopic (exact) mass is 256 g/mol. The maximum atomic E-state index is 13.0. The van der Waals surface area contributed by atoms with Crippen molar-refractivity contribution in [3.8, 4) is 0 Å². The van der Waals surface area contributed by atoms with Crippen LogP contribution in [0.15, 0.2) is 18.2 Å². The average molecular weight is 256 g/mol. The Morgan fingerprint density at radius 3 is 2.50 bits per heavy atom. The van der Waals surface area contributed by atoms with Crippen molar-refractivity contribution in [2.24, 2.45) is 0 Å². The molecule has 2 rings (SSSR count). The van der Waals surface area contributed by atoms with Crippen molar-refractivity contribution in [3.05, 3.63) is 23.8 Å². The van der Waals surface area contributed by atoms with Crippen molar-refractivity contribution < 1.29 is 18.7 Å². The highest BCUT2D eigenvalue weighted by atomic mass is 19.3. The molecule has 0 aliphatic carbocycles. The van der Waals surface area contributed by atoms with Gasteiger partial charge in [0.2, 0.25) is 0 Å². The number of hydrogen-bond donors (Lipinski definition) is 2. The summed E-state index contributed by atoms with van der Waals surface area (Å²) in [6.07, 6.45) is -0.465. The lowest BCUT2D eigenvalue weighted by molar-refractivity contribution is -0.0220. The van der Waals surface area contributed by atoms with E-state index >= 15 is 0 Å². The number of nitrogens with two attached hydrogens (primary N) is 1. The predicted octanol–water partition coefficient (Wildman–Crippen LogP) is 2.20. The van der Waals surface area contributed by atoms with Gasteiger partial charge in [-0.1, -0.05) is 6.07 Å². The predicted molar refractivity (Wildman–Crippen MR) is 64.2 cm³/mol. The summed E-state index contributed by atoms with van der Waals surface area (Å²) in [4.78, 5) is 12.6. The zero-order valence-electron chi connectivity index (χ0n) is 9.70. The molecule has 0 aromatic heterocycles. The van der Waals surface area contributed by atoms with Gasteiger partial charge in [-0.3, -0.25) is 0 Å². The van der Waals surface area contributed by atoms with Crippen LogP contribution in [0.2, 0.25) is 0 Å². The maximum Gasteiger partial charge on any atom is 0.337 e. The number of halogens is 2. The second kappa shape index (κ2) is 4.44. The van der Waals surface area contributed by atoms with Crippen LogP contribution >= 0.6 is 0 Å². The van der Waals surface area contributed by atoms with Gasteiger partial charge < -0.3 is 15.7 Å². The van der Waals surface area contributed by atoms with Crippen molar-refractivity contribution in [1.82, 2.24) is 0 Å². The number of nitrogens with zero attached hydrogens (tertiary/aromatic N) is 1. The number of benzene rings is 1. The Morgan fingerprint density at radius 2 is 1.94 bits per heavy atom. The number of alkyl halides is 2. The Balaban J connectivity index is 2.25. The van der Waals surface area contributed by atoms with Crippen molar-refractivity contribution in [1.29, 1.82) is 0 Å². The molecule has 98 valence electrons. The van der Waals surface area contributed by atoms with E-state index in [1.807, 2.05) is 0 Å². The third-order valence-electron chi connectivity index (χ3n) is 3.15. The van der Waals surface area contributed by atoms with Crippen LogP contribution < -0.4 is 10.6 Å². The number of aromatic carboxylic acids is 1. The molecule has 1 fully saturated rings. The highest BCUT2D eigenvalue weighted by molar-refractivity contribution is 5.97. The van der Waals surface area contributed by atoms with Gasteiger partial charge in [0.25, 0.3) is 5.92 Å². The lowest BCUT2D eigenvalue weighted by atomic mass is 10.0. The normalized spacial score (nSPS) is 18.7. The van der Waals surface area contributed by atoms with Gasteiger partial charge in [-0.15, -0.1) is 0 Å². The highest BCUT2D eigenvalue weighted by Gasteiger charge is 2.34. The molecular weight excluding hydrogens is 242 g/mol. The first-order valence-corrected chi connectivity index (χ1v) is 5.65. The fraction of sp³-hybridized carbons (Fsp3) is 0.417. The van der Waals surface area contributed by atoms with Crippen LogP contribution in [0.1, 0.15) is 23.2 Å². The van der Waals surface area contributed by atoms with Crippen LogP contribution in [0.3, 0.4) is 0 Å². The van der Waals surface area contributed by atoms with E-state index in [-0.39, 0.29) is 37.2 Å². The average Bonchev–Trinajstić information content (AvgIpc) is 2.29. The molecule has 0 radical (unpaired) electrons. The molecule has 0 spiro atoms. The van der Waals surface area contributed by atoms with Gasteiger partial charge in [-0.25, -0.2) is 13.6 Å². The zero-order valence-corrected chi connectivity index (χ0v) is 9.70. The molecule has 1 aromatic rings. The molecule has 1 heterocycles. The Labute approximate surface area is 103 Å². The van der Waals surface area contributed by atoms with Gasteiger partial charge >= 0.3 is 5.97 Å². The van der Waals surface area contributed by atoms with Gasteiger partial charge in [-0.2, -0.15) is 0 Å². The van der Waals surface area contributed by atoms with E-state index in [2.05, 4.69) is 0 Å². The number of para-hydroxylation sites is 1. The topological polar surface area (TPSA) is 66.6 Å². The molecule has 3 N–H and O–H groups in total. The van der Waals surface area contributed by atoms with Crippen molar-refractivity contribution >= 4 is 17.3 Å². The number of hydrogen-bond acceptors (Lipinski definition) is 3. The van der Waals surface area contributed by atoms with Gasteiger partial charge in [0.05, 0.1) is 16.9 Å². The molecule has 0 bridgehead atoms. The summed E-state index contributed by atoms with van der Waals surface area (Å²) >= 11 is 0. The molecule has 18 heavy (non-hydrogen) atoms. The van der Waals surface area contributed by atoms with Crippen molar-refractivity contribution in [3.63, 3.8) is 0 Å². The van der Waals surface area contributed by atoms with Gasteiger partial charge in [-0.05, 0) is 12.1 Å². The molecule has 0 saturated carbocycles. The summed E-state index contributed by atoms with van der Waals surface area (Å²) in [5, 5.41) is 8.95. The van der Waals surface area contributed by atoms with E-state index in [9.17, 15) is 13.6 Å². The van der Waals surface area contributed by atoms with E-state index in [0.717, 1.165) is 0 Å². The summed E-state index contributed by atoms with van der Waals surface area (Å²) < 4.78 is 26.1. The summed E-state index contributed by atoms with van der Waals surface area (Å²) in [5.74, 6) is -3.74. The van der Waals surface area contributed by atoms with Gasteiger partial charge in [0.1, 0.15) is 0 Å². The number of carboxylic acid groups (broad SMARTS) is 1. The molecule has 0 atom stereocenters. The number of anilines is 2. The molecule has 0 amide bonds. The first-order valence-electron chi connectivity index (χ1n) is 5.65. The van der Waals surface area contributed by atoms with E-state index in [0.29, 0.717) is 5.69 Å². The van der Waals surface area contributed by atoms with Crippen LogP contribution in [0.4, 0.5) is 20.2 Å². The minimum atomic E-state index is -2.63. The lowest BCUT2D eigenvalue weighted by Crippen LogP contribution is -2.39. The molecule has 4 nitrogen and oxygen atoms in total. The number of nitrogen functional groups attached to an aromatic ring is 1. The van der Waals surface area contributed by atoms with Crippen LogP contribution in [-0.2, 0) is 0 Å². The summed E-state index contributed by atoms with van der Waals surface area (Å²) in [5.41, 5.74) is 6.43. The molecule has 1 saturated heterocycles. The zero-order chi connectivity index (χ0) is 13.3. The van der Waals surface area contributed by atoms with Crippen LogP contribution in [0, 0.1) is 0 Å². The Kier molecular flexibility index (Phi) is 3.11. The molecule has 6 heteroatoms. The van der Waals surface area contributed by atoms with Gasteiger partial charge in [0, 0.05) is 25.9 Å². The fourth-order valence-corrected chi connectivity index (χ4v) is 2.09. The standard InChI is InChI=1S/C12H14F2N2O2/c13-12(14)4-6-16(7-5-12)9-3-1-2-8(10(9)15)11(17)18/h1-3H,4-7,15H2,(H,17,18). The molecule has 0 unspecified atom stereocenters. The molecule has 1 aliphatic rings. The highest BCUT2D eigenvalue weighted by Crippen LogP contribution is 2.33. The second-order valence-corrected chi connectivity index (χ2v) is 4.39. The Bertz CT molecular complexity index is 467. The number of rotatable bonds is 2. The largest absolute Gasteiger partial charge is 0.478 e. The third kappa shape index (κ3) is 2.37. The Hall–Kier alpha value is -1.85. The van der Waals surface area contributed by atoms with Crippen molar-refractivity contribution in [2.75, 3.05) is 23.7 Å². The third-order valence-corrected chi connectivity index (χ3v) is 3.15. The number of carbonyl (C=O) groups is 1. The first kappa shape index (κ1) is 12.6. The van der Waals surface area contributed by atoms with Crippen LogP contribution in [0.5, 0.6) is 0 Å². The minimum Gasteiger partial charge on any atom is -0.478 e. The second-order valence-electron chi connectivity index (χ2n) is 4.39.